The molecule has 0 bridgehead atoms. The summed E-state index contributed by atoms with van der Waals surface area (Å²) in [4.78, 5) is 45.4. The number of likely N-dealkylation sites (tertiary alicyclic amines) is 2. The minimum absolute atomic E-state index is 0.129. The van der Waals surface area contributed by atoms with Crippen molar-refractivity contribution < 1.29 is 19.1 Å². The fourth-order valence-corrected chi connectivity index (χ4v) is 7.22. The van der Waals surface area contributed by atoms with Crippen LogP contribution < -0.4 is 0 Å². The number of nitrogens with one attached hydrogen (secondary N) is 2. The maximum absolute atomic E-state index is 12.9. The van der Waals surface area contributed by atoms with Crippen molar-refractivity contribution in [2.75, 3.05) is 13.1 Å². The molecule has 0 aliphatic carbocycles. The Balaban J connectivity index is 1.05. The van der Waals surface area contributed by atoms with E-state index in [2.05, 4.69) is 68.5 Å². The third-order valence-corrected chi connectivity index (χ3v) is 9.60. The molecule has 2 aliphatic heterocycles. The number of amides is 2. The average molecular weight is 709 g/mol. The first-order valence-electron chi connectivity index (χ1n) is 17.7. The number of H-pyrrole nitrogens is 2. The summed E-state index contributed by atoms with van der Waals surface area (Å²) >= 11 is 6.64. The molecule has 0 spiro atoms. The lowest BCUT2D eigenvalue weighted by molar-refractivity contribution is 0.0208. The van der Waals surface area contributed by atoms with Gasteiger partial charge in [-0.3, -0.25) is 9.80 Å². The van der Waals surface area contributed by atoms with Crippen LogP contribution >= 0.6 is 11.6 Å². The van der Waals surface area contributed by atoms with Crippen molar-refractivity contribution in [3.63, 3.8) is 0 Å². The van der Waals surface area contributed by atoms with E-state index < -0.39 is 11.2 Å². The molecule has 3 aromatic carbocycles. The second kappa shape index (κ2) is 13.4. The molecule has 2 saturated heterocycles. The van der Waals surface area contributed by atoms with Gasteiger partial charge in [-0.25, -0.2) is 19.6 Å². The van der Waals surface area contributed by atoms with E-state index >= 15 is 0 Å². The fourth-order valence-electron chi connectivity index (χ4n) is 6.97. The van der Waals surface area contributed by atoms with Crippen molar-refractivity contribution in [3.05, 3.63) is 83.7 Å². The third kappa shape index (κ3) is 7.47. The van der Waals surface area contributed by atoms with Crippen LogP contribution in [-0.2, 0) is 9.47 Å². The highest BCUT2D eigenvalue weighted by atomic mass is 35.5. The highest BCUT2D eigenvalue weighted by molar-refractivity contribution is 6.31. The molecule has 0 radical (unpaired) electrons. The van der Waals surface area contributed by atoms with Gasteiger partial charge in [0.1, 0.15) is 22.9 Å². The molecular weight excluding hydrogens is 664 g/mol. The summed E-state index contributed by atoms with van der Waals surface area (Å²) in [5, 5.41) is 2.62. The quantitative estimate of drug-likeness (QED) is 0.188. The molecule has 51 heavy (non-hydrogen) atoms. The number of imidazole rings is 2. The Bertz CT molecular complexity index is 2070. The van der Waals surface area contributed by atoms with Gasteiger partial charge in [-0.15, -0.1) is 0 Å². The third-order valence-electron chi connectivity index (χ3n) is 9.32. The van der Waals surface area contributed by atoms with E-state index in [9.17, 15) is 9.59 Å². The molecular formula is C40H45ClN6O4. The Morgan fingerprint density at radius 2 is 1.22 bits per heavy atom. The number of nitrogens with zero attached hydrogens (tertiary/aromatic N) is 4. The predicted octanol–water partition coefficient (Wildman–Crippen LogP) is 10.1. The van der Waals surface area contributed by atoms with Gasteiger partial charge >= 0.3 is 12.2 Å². The molecule has 2 unspecified atom stereocenters. The summed E-state index contributed by atoms with van der Waals surface area (Å²) in [6, 6.07) is 20.7. The maximum atomic E-state index is 12.9. The lowest BCUT2D eigenvalue weighted by atomic mass is 9.98. The van der Waals surface area contributed by atoms with Gasteiger partial charge in [0.25, 0.3) is 0 Å². The summed E-state index contributed by atoms with van der Waals surface area (Å²) < 4.78 is 11.3. The maximum Gasteiger partial charge on any atom is 0.410 e. The topological polar surface area (TPSA) is 116 Å². The molecule has 5 aromatic rings. The van der Waals surface area contributed by atoms with E-state index in [-0.39, 0.29) is 24.3 Å². The second-order valence-electron chi connectivity index (χ2n) is 15.5. The Kier molecular flexibility index (Phi) is 9.08. The van der Waals surface area contributed by atoms with Crippen molar-refractivity contribution >= 4 is 34.6 Å². The normalized spacial score (nSPS) is 18.1. The minimum Gasteiger partial charge on any atom is -0.444 e. The van der Waals surface area contributed by atoms with E-state index in [1.54, 1.807) is 9.80 Å². The van der Waals surface area contributed by atoms with Crippen LogP contribution in [0.1, 0.15) is 91.0 Å². The van der Waals surface area contributed by atoms with Gasteiger partial charge in [-0.1, -0.05) is 60.1 Å². The number of aromatic nitrogens is 4. The summed E-state index contributed by atoms with van der Waals surface area (Å²) in [5.41, 5.74) is 4.66. The molecule has 2 atom stereocenters. The summed E-state index contributed by atoms with van der Waals surface area (Å²) in [7, 11) is 0. The standard InChI is InChI=1S/C40H45ClN6O4/c1-39(2,3)50-37(48)46-19-7-9-31(46)35-42-23-30(43-35)29-18-17-27-21-26(15-16-28(27)22-29)24-11-13-25(14-12-24)33-34(41)45-36(44-33)32-10-8-20-47(32)38(49)51-40(4,5)6/h11-18,21-23,31-32H,7-10,19-20H2,1-6H3,(H,42,43)(H,44,45). The fraction of sp³-hybridized carbons (Fsp3) is 0.400. The molecule has 7 rings (SSSR count). The van der Waals surface area contributed by atoms with Gasteiger partial charge in [0, 0.05) is 24.2 Å². The zero-order valence-corrected chi connectivity index (χ0v) is 30.8. The van der Waals surface area contributed by atoms with Crippen LogP contribution in [0.2, 0.25) is 5.15 Å². The van der Waals surface area contributed by atoms with Gasteiger partial charge in [0.05, 0.1) is 29.7 Å². The molecule has 2 amide bonds. The zero-order valence-electron chi connectivity index (χ0n) is 30.0. The lowest BCUT2D eigenvalue weighted by Gasteiger charge is -2.27. The molecule has 2 aromatic heterocycles. The van der Waals surface area contributed by atoms with Crippen LogP contribution in [-0.4, -0.2) is 66.2 Å². The number of fused-ring (bicyclic) bond motifs is 1. The molecule has 4 heterocycles. The number of ether oxygens (including phenoxy) is 2. The van der Waals surface area contributed by atoms with Crippen LogP contribution in [0.5, 0.6) is 0 Å². The van der Waals surface area contributed by atoms with Crippen LogP contribution in [0.15, 0.2) is 66.9 Å². The average Bonchev–Trinajstić information content (AvgIpc) is 3.89. The largest absolute Gasteiger partial charge is 0.444 e. The smallest absolute Gasteiger partial charge is 0.410 e. The van der Waals surface area contributed by atoms with Crippen molar-refractivity contribution in [1.82, 2.24) is 29.7 Å². The monoisotopic (exact) mass is 708 g/mol. The summed E-state index contributed by atoms with van der Waals surface area (Å²) in [5.74, 6) is 1.45. The number of hydrogen-bond acceptors (Lipinski definition) is 6. The van der Waals surface area contributed by atoms with E-state index in [0.717, 1.165) is 75.9 Å². The van der Waals surface area contributed by atoms with Crippen LogP contribution in [0.4, 0.5) is 9.59 Å². The van der Waals surface area contributed by atoms with Gasteiger partial charge < -0.3 is 19.4 Å². The van der Waals surface area contributed by atoms with Crippen molar-refractivity contribution in [2.45, 2.75) is 90.5 Å². The lowest BCUT2D eigenvalue weighted by Crippen LogP contribution is -2.36. The minimum atomic E-state index is -0.568. The molecule has 266 valence electrons. The Labute approximate surface area is 303 Å². The van der Waals surface area contributed by atoms with Crippen molar-refractivity contribution in [2.24, 2.45) is 0 Å². The van der Waals surface area contributed by atoms with E-state index in [1.165, 1.54) is 0 Å². The molecule has 2 aliphatic rings. The number of rotatable bonds is 5. The number of halogens is 1. The van der Waals surface area contributed by atoms with Gasteiger partial charge in [-0.2, -0.15) is 0 Å². The first-order chi connectivity index (χ1) is 24.2. The number of hydrogen-bond donors (Lipinski definition) is 2. The van der Waals surface area contributed by atoms with E-state index in [0.29, 0.717) is 24.1 Å². The SMILES string of the molecule is CC(C)(C)OC(=O)N1CCCC1c1ncc(-c2ccc3cc(-c4ccc(-c5[nH]c(C6CCCN6C(=O)OC(C)(C)C)nc5Cl)cc4)ccc3c2)[nH]1. The van der Waals surface area contributed by atoms with Crippen LogP contribution in [0.3, 0.4) is 0 Å². The Morgan fingerprint density at radius 3 is 1.80 bits per heavy atom. The molecule has 10 nitrogen and oxygen atoms in total. The predicted molar refractivity (Wildman–Crippen MR) is 199 cm³/mol. The van der Waals surface area contributed by atoms with Crippen molar-refractivity contribution in [1.29, 1.82) is 0 Å². The summed E-state index contributed by atoms with van der Waals surface area (Å²) in [6.07, 6.45) is 4.64. The van der Waals surface area contributed by atoms with Crippen LogP contribution in [0, 0.1) is 0 Å². The Morgan fingerprint density at radius 1 is 0.706 bits per heavy atom. The Hall–Kier alpha value is -4.83. The molecule has 2 fully saturated rings. The number of aromatic amines is 2. The first-order valence-corrected chi connectivity index (χ1v) is 18.0. The first kappa shape index (κ1) is 34.6. The highest BCUT2D eigenvalue weighted by Gasteiger charge is 2.36. The number of carbonyl (C=O) groups excluding carboxylic acids is 2. The number of benzene rings is 3. The van der Waals surface area contributed by atoms with Gasteiger partial charge in [-0.05, 0) is 101 Å². The molecule has 2 N–H and O–H groups in total. The van der Waals surface area contributed by atoms with Crippen molar-refractivity contribution in [3.8, 4) is 33.6 Å². The van der Waals surface area contributed by atoms with E-state index in [1.807, 2.05) is 59.9 Å². The van der Waals surface area contributed by atoms with E-state index in [4.69, 9.17) is 21.1 Å². The molecule has 11 heteroatoms. The molecule has 0 saturated carbocycles. The zero-order chi connectivity index (χ0) is 36.1. The highest BCUT2D eigenvalue weighted by Crippen LogP contribution is 2.37. The number of carbonyl (C=O) groups is 2. The second-order valence-corrected chi connectivity index (χ2v) is 15.8. The van der Waals surface area contributed by atoms with Gasteiger partial charge in [0.15, 0.2) is 5.15 Å². The summed E-state index contributed by atoms with van der Waals surface area (Å²) in [6.45, 7) is 12.5. The van der Waals surface area contributed by atoms with Gasteiger partial charge in [0.2, 0.25) is 0 Å². The van der Waals surface area contributed by atoms with Crippen LogP contribution in [0.25, 0.3) is 44.4 Å².